The molecular weight excluding hydrogens is 214 g/mol. The van der Waals surface area contributed by atoms with Crippen molar-refractivity contribution >= 4 is 16.9 Å². The quantitative estimate of drug-likeness (QED) is 0.663. The average Bonchev–Trinajstić information content (AvgIpc) is 2.72. The first-order valence-electron chi connectivity index (χ1n) is 5.26. The van der Waals surface area contributed by atoms with Crippen LogP contribution in [0.15, 0.2) is 30.6 Å². The van der Waals surface area contributed by atoms with Gasteiger partial charge in [0.1, 0.15) is 5.82 Å². The number of hydrogen-bond acceptors (Lipinski definition) is 4. The molecule has 0 saturated carbocycles. The van der Waals surface area contributed by atoms with E-state index in [4.69, 9.17) is 5.73 Å². The van der Waals surface area contributed by atoms with Crippen LogP contribution in [0, 0.1) is 6.92 Å². The van der Waals surface area contributed by atoms with Crippen molar-refractivity contribution in [3.8, 4) is 11.4 Å². The zero-order chi connectivity index (χ0) is 11.8. The maximum Gasteiger partial charge on any atom is 0.178 e. The summed E-state index contributed by atoms with van der Waals surface area (Å²) in [5.74, 6) is 0.734. The normalized spacial score (nSPS) is 10.9. The Bertz CT molecular complexity index is 686. The van der Waals surface area contributed by atoms with Crippen molar-refractivity contribution in [2.24, 2.45) is 0 Å². The molecule has 5 heteroatoms. The second kappa shape index (κ2) is 3.55. The Morgan fingerprint density at radius 1 is 1.18 bits per heavy atom. The van der Waals surface area contributed by atoms with Crippen molar-refractivity contribution in [2.75, 3.05) is 5.73 Å². The van der Waals surface area contributed by atoms with Gasteiger partial charge in [0.2, 0.25) is 0 Å². The highest BCUT2D eigenvalue weighted by Crippen LogP contribution is 2.20. The highest BCUT2D eigenvalue weighted by atomic mass is 15.0. The molecule has 0 atom stereocenters. The Hall–Kier alpha value is -2.43. The molecule has 0 amide bonds. The predicted octanol–water partition coefficient (Wildman–Crippen LogP) is 1.91. The van der Waals surface area contributed by atoms with Crippen LogP contribution in [0.4, 0.5) is 5.69 Å². The predicted molar refractivity (Wildman–Crippen MR) is 66.3 cm³/mol. The van der Waals surface area contributed by atoms with Crippen molar-refractivity contribution < 1.29 is 0 Å². The molecule has 0 saturated heterocycles. The Morgan fingerprint density at radius 3 is 2.88 bits per heavy atom. The fourth-order valence-corrected chi connectivity index (χ4v) is 1.71. The van der Waals surface area contributed by atoms with Gasteiger partial charge in [-0.1, -0.05) is 0 Å². The molecule has 84 valence electrons. The van der Waals surface area contributed by atoms with Crippen LogP contribution in [-0.4, -0.2) is 19.9 Å². The number of aryl methyl sites for hydroxylation is 1. The number of pyridine rings is 2. The molecule has 0 spiro atoms. The lowest BCUT2D eigenvalue weighted by molar-refractivity contribution is 1.22. The van der Waals surface area contributed by atoms with E-state index in [-0.39, 0.29) is 0 Å². The van der Waals surface area contributed by atoms with Gasteiger partial charge in [-0.2, -0.15) is 0 Å². The van der Waals surface area contributed by atoms with Crippen LogP contribution in [0.1, 0.15) is 5.69 Å². The number of nitrogens with one attached hydrogen (secondary N) is 1. The van der Waals surface area contributed by atoms with Gasteiger partial charge >= 0.3 is 0 Å². The van der Waals surface area contributed by atoms with E-state index in [9.17, 15) is 0 Å². The van der Waals surface area contributed by atoms with Gasteiger partial charge in [-0.3, -0.25) is 4.98 Å². The maximum atomic E-state index is 5.69. The lowest BCUT2D eigenvalue weighted by Crippen LogP contribution is -1.88. The molecule has 3 N–H and O–H groups in total. The number of aromatic amines is 1. The summed E-state index contributed by atoms with van der Waals surface area (Å²) in [6, 6.07) is 5.74. The lowest BCUT2D eigenvalue weighted by Gasteiger charge is -1.96. The summed E-state index contributed by atoms with van der Waals surface area (Å²) < 4.78 is 0. The third-order valence-corrected chi connectivity index (χ3v) is 2.52. The SMILES string of the molecule is Cc1ccc2[nH]c(-c3cncc(N)c3)nc2n1. The first kappa shape index (κ1) is 9.77. The van der Waals surface area contributed by atoms with Crippen molar-refractivity contribution in [1.29, 1.82) is 0 Å². The number of fused-ring (bicyclic) bond motifs is 1. The van der Waals surface area contributed by atoms with Gasteiger partial charge in [0, 0.05) is 23.7 Å². The molecule has 3 heterocycles. The number of anilines is 1. The Morgan fingerprint density at radius 2 is 2.06 bits per heavy atom. The molecular formula is C12H11N5. The molecule has 0 aliphatic heterocycles. The molecule has 5 nitrogen and oxygen atoms in total. The van der Waals surface area contributed by atoms with E-state index in [1.807, 2.05) is 25.1 Å². The molecule has 3 aromatic rings. The number of rotatable bonds is 1. The van der Waals surface area contributed by atoms with Crippen molar-refractivity contribution in [3.63, 3.8) is 0 Å². The van der Waals surface area contributed by atoms with Crippen LogP contribution in [0.2, 0.25) is 0 Å². The molecule has 17 heavy (non-hydrogen) atoms. The summed E-state index contributed by atoms with van der Waals surface area (Å²) >= 11 is 0. The van der Waals surface area contributed by atoms with Gasteiger partial charge < -0.3 is 10.7 Å². The van der Waals surface area contributed by atoms with Crippen molar-refractivity contribution in [3.05, 3.63) is 36.3 Å². The number of nitrogens with zero attached hydrogens (tertiary/aromatic N) is 3. The molecule has 3 rings (SSSR count). The molecule has 3 aromatic heterocycles. The molecule has 0 bridgehead atoms. The van der Waals surface area contributed by atoms with E-state index in [0.29, 0.717) is 11.3 Å². The van der Waals surface area contributed by atoms with Crippen LogP contribution in [0.25, 0.3) is 22.6 Å². The largest absolute Gasteiger partial charge is 0.397 e. The second-order valence-electron chi connectivity index (χ2n) is 3.92. The van der Waals surface area contributed by atoms with Gasteiger partial charge in [-0.25, -0.2) is 9.97 Å². The summed E-state index contributed by atoms with van der Waals surface area (Å²) in [6.45, 7) is 1.94. The van der Waals surface area contributed by atoms with Gasteiger partial charge in [0.05, 0.1) is 11.2 Å². The minimum Gasteiger partial charge on any atom is -0.397 e. The number of nitrogen functional groups attached to an aromatic ring is 1. The standard InChI is InChI=1S/C12H11N5/c1-7-2-3-10-12(15-7)17-11(16-10)8-4-9(13)6-14-5-8/h2-6H,13H2,1H3,(H,15,16,17). The fraction of sp³-hybridized carbons (Fsp3) is 0.0833. The molecule has 0 aliphatic rings. The highest BCUT2D eigenvalue weighted by molar-refractivity contribution is 5.76. The smallest absolute Gasteiger partial charge is 0.178 e. The first-order chi connectivity index (χ1) is 8.22. The topological polar surface area (TPSA) is 80.5 Å². The Labute approximate surface area is 97.7 Å². The molecule has 0 radical (unpaired) electrons. The fourth-order valence-electron chi connectivity index (χ4n) is 1.71. The van der Waals surface area contributed by atoms with E-state index in [2.05, 4.69) is 19.9 Å². The Kier molecular flexibility index (Phi) is 2.04. The van der Waals surface area contributed by atoms with Gasteiger partial charge in [-0.15, -0.1) is 0 Å². The first-order valence-corrected chi connectivity index (χ1v) is 5.26. The molecule has 0 fully saturated rings. The lowest BCUT2D eigenvalue weighted by atomic mass is 10.2. The van der Waals surface area contributed by atoms with E-state index >= 15 is 0 Å². The summed E-state index contributed by atoms with van der Waals surface area (Å²) in [4.78, 5) is 16.0. The minimum atomic E-state index is 0.618. The number of H-pyrrole nitrogens is 1. The maximum absolute atomic E-state index is 5.69. The third-order valence-electron chi connectivity index (χ3n) is 2.52. The van der Waals surface area contributed by atoms with Crippen molar-refractivity contribution in [2.45, 2.75) is 6.92 Å². The molecule has 0 aromatic carbocycles. The third kappa shape index (κ3) is 1.71. The van der Waals surface area contributed by atoms with Crippen LogP contribution in [0.3, 0.4) is 0 Å². The van der Waals surface area contributed by atoms with Crippen LogP contribution < -0.4 is 5.73 Å². The minimum absolute atomic E-state index is 0.618. The molecule has 0 unspecified atom stereocenters. The van der Waals surface area contributed by atoms with Gasteiger partial charge in [0.15, 0.2) is 5.65 Å². The van der Waals surface area contributed by atoms with Crippen molar-refractivity contribution in [1.82, 2.24) is 19.9 Å². The average molecular weight is 225 g/mol. The summed E-state index contributed by atoms with van der Waals surface area (Å²) in [6.07, 6.45) is 3.33. The van der Waals surface area contributed by atoms with Crippen LogP contribution >= 0.6 is 0 Å². The van der Waals surface area contributed by atoms with E-state index in [0.717, 1.165) is 22.6 Å². The monoisotopic (exact) mass is 225 g/mol. The summed E-state index contributed by atoms with van der Waals surface area (Å²) in [5, 5.41) is 0. The Balaban J connectivity index is 2.18. The van der Waals surface area contributed by atoms with Crippen LogP contribution in [0.5, 0.6) is 0 Å². The van der Waals surface area contributed by atoms with Gasteiger partial charge in [-0.05, 0) is 25.1 Å². The van der Waals surface area contributed by atoms with E-state index in [1.165, 1.54) is 0 Å². The number of hydrogen-bond donors (Lipinski definition) is 2. The summed E-state index contributed by atoms with van der Waals surface area (Å²) in [7, 11) is 0. The zero-order valence-corrected chi connectivity index (χ0v) is 9.31. The summed E-state index contributed by atoms with van der Waals surface area (Å²) in [5.41, 5.74) is 9.74. The van der Waals surface area contributed by atoms with Crippen LogP contribution in [-0.2, 0) is 0 Å². The number of aromatic nitrogens is 4. The number of nitrogens with two attached hydrogens (primary N) is 1. The number of imidazole rings is 1. The molecule has 0 aliphatic carbocycles. The zero-order valence-electron chi connectivity index (χ0n) is 9.31. The van der Waals surface area contributed by atoms with Gasteiger partial charge in [0.25, 0.3) is 0 Å². The van der Waals surface area contributed by atoms with E-state index < -0.39 is 0 Å². The van der Waals surface area contributed by atoms with E-state index in [1.54, 1.807) is 12.4 Å². The highest BCUT2D eigenvalue weighted by Gasteiger charge is 2.06. The second-order valence-corrected chi connectivity index (χ2v) is 3.92.